The number of nitrogens with one attached hydrogen (secondary N) is 1. The number of amidine groups is 1. The summed E-state index contributed by atoms with van der Waals surface area (Å²) in [5, 5.41) is 12.8. The Morgan fingerprint density at radius 1 is 0.852 bits per heavy atom. The summed E-state index contributed by atoms with van der Waals surface area (Å²) < 4.78 is 0. The van der Waals surface area contributed by atoms with Crippen LogP contribution >= 0.6 is 0 Å². The van der Waals surface area contributed by atoms with Crippen LogP contribution in [0.1, 0.15) is 116 Å². The monoisotopic (exact) mass is 378 g/mol. The maximum absolute atomic E-state index is 9.51. The molecule has 158 valence electrons. The summed E-state index contributed by atoms with van der Waals surface area (Å²) in [6.45, 7) is 4.00. The summed E-state index contributed by atoms with van der Waals surface area (Å²) in [6.07, 6.45) is 26.8. The zero-order valence-corrected chi connectivity index (χ0v) is 18.1. The van der Waals surface area contributed by atoms with E-state index in [0.717, 1.165) is 31.8 Å². The van der Waals surface area contributed by atoms with Crippen molar-refractivity contribution in [2.45, 2.75) is 122 Å². The second-order valence-corrected chi connectivity index (χ2v) is 8.19. The fraction of sp³-hybridized carbons (Fsp3) is 0.875. The maximum atomic E-state index is 9.51. The zero-order chi connectivity index (χ0) is 19.4. The fourth-order valence-electron chi connectivity index (χ4n) is 3.69. The van der Waals surface area contributed by atoms with Crippen LogP contribution in [0.3, 0.4) is 0 Å². The maximum Gasteiger partial charge on any atom is 0.120 e. The Morgan fingerprint density at radius 3 is 1.85 bits per heavy atom. The SMILES string of the molecule is CCC(O)CCCCCCCCCCCCCCCCC=CC1=NCCN1. The van der Waals surface area contributed by atoms with E-state index in [2.05, 4.69) is 29.4 Å². The Balaban J connectivity index is 1.68. The van der Waals surface area contributed by atoms with Crippen LogP contribution in [0.5, 0.6) is 0 Å². The molecule has 0 spiro atoms. The van der Waals surface area contributed by atoms with E-state index >= 15 is 0 Å². The van der Waals surface area contributed by atoms with Gasteiger partial charge in [0.15, 0.2) is 0 Å². The molecule has 0 aliphatic carbocycles. The van der Waals surface area contributed by atoms with Gasteiger partial charge in [0.2, 0.25) is 0 Å². The Kier molecular flexibility index (Phi) is 16.6. The van der Waals surface area contributed by atoms with Crippen molar-refractivity contribution in [3.8, 4) is 0 Å². The third-order valence-electron chi connectivity index (χ3n) is 5.61. The van der Waals surface area contributed by atoms with Gasteiger partial charge < -0.3 is 10.4 Å². The molecule has 27 heavy (non-hydrogen) atoms. The van der Waals surface area contributed by atoms with E-state index in [4.69, 9.17) is 0 Å². The molecule has 3 heteroatoms. The van der Waals surface area contributed by atoms with Gasteiger partial charge in [0.05, 0.1) is 12.6 Å². The lowest BCUT2D eigenvalue weighted by molar-refractivity contribution is 0.156. The van der Waals surface area contributed by atoms with Crippen LogP contribution in [0.15, 0.2) is 17.1 Å². The first kappa shape index (κ1) is 24.2. The molecule has 0 amide bonds. The Hall–Kier alpha value is -0.830. The Morgan fingerprint density at radius 2 is 1.37 bits per heavy atom. The molecule has 0 aromatic rings. The highest BCUT2D eigenvalue weighted by molar-refractivity contribution is 5.93. The van der Waals surface area contributed by atoms with Crippen molar-refractivity contribution >= 4 is 5.84 Å². The van der Waals surface area contributed by atoms with Gasteiger partial charge in [0.1, 0.15) is 5.84 Å². The smallest absolute Gasteiger partial charge is 0.120 e. The van der Waals surface area contributed by atoms with E-state index in [0.29, 0.717) is 0 Å². The molecule has 3 nitrogen and oxygen atoms in total. The lowest BCUT2D eigenvalue weighted by atomic mass is 10.0. The molecule has 0 bridgehead atoms. The number of hydrogen-bond acceptors (Lipinski definition) is 3. The quantitative estimate of drug-likeness (QED) is 0.250. The van der Waals surface area contributed by atoms with E-state index in [9.17, 15) is 5.11 Å². The molecule has 0 aromatic heterocycles. The highest BCUT2D eigenvalue weighted by Gasteiger charge is 2.00. The van der Waals surface area contributed by atoms with Crippen molar-refractivity contribution in [3.63, 3.8) is 0 Å². The molecule has 0 saturated carbocycles. The number of nitrogens with zero attached hydrogens (tertiary/aromatic N) is 1. The van der Waals surface area contributed by atoms with Gasteiger partial charge in [-0.15, -0.1) is 0 Å². The average molecular weight is 379 g/mol. The normalized spacial score (nSPS) is 15.3. The molecule has 1 heterocycles. The number of rotatable bonds is 19. The summed E-state index contributed by atoms with van der Waals surface area (Å²) in [7, 11) is 0. The van der Waals surface area contributed by atoms with E-state index in [1.807, 2.05) is 0 Å². The minimum atomic E-state index is -0.0589. The third-order valence-corrected chi connectivity index (χ3v) is 5.61. The number of unbranched alkanes of at least 4 members (excludes halogenated alkanes) is 14. The highest BCUT2D eigenvalue weighted by atomic mass is 16.3. The summed E-state index contributed by atoms with van der Waals surface area (Å²) in [5.74, 6) is 1.07. The van der Waals surface area contributed by atoms with Crippen molar-refractivity contribution in [2.24, 2.45) is 4.99 Å². The fourth-order valence-corrected chi connectivity index (χ4v) is 3.69. The molecule has 0 fully saturated rings. The minimum absolute atomic E-state index is 0.0589. The Bertz CT molecular complexity index is 379. The first-order valence-corrected chi connectivity index (χ1v) is 12.0. The molecule has 1 aliphatic rings. The minimum Gasteiger partial charge on any atom is -0.393 e. The predicted octanol–water partition coefficient (Wildman–Crippen LogP) is 6.56. The van der Waals surface area contributed by atoms with Crippen LogP contribution < -0.4 is 5.32 Å². The van der Waals surface area contributed by atoms with Gasteiger partial charge in [0, 0.05) is 6.54 Å². The number of aliphatic imine (C=N–C) groups is 1. The number of aliphatic hydroxyl groups is 1. The van der Waals surface area contributed by atoms with Gasteiger partial charge in [-0.3, -0.25) is 4.99 Å². The van der Waals surface area contributed by atoms with Crippen molar-refractivity contribution < 1.29 is 5.11 Å². The average Bonchev–Trinajstić information content (AvgIpc) is 3.20. The summed E-state index contributed by atoms with van der Waals surface area (Å²) in [4.78, 5) is 4.37. The first-order chi connectivity index (χ1) is 13.3. The van der Waals surface area contributed by atoms with Gasteiger partial charge in [-0.1, -0.05) is 96.5 Å². The van der Waals surface area contributed by atoms with Crippen molar-refractivity contribution in [3.05, 3.63) is 12.2 Å². The van der Waals surface area contributed by atoms with E-state index in [-0.39, 0.29) is 6.10 Å². The van der Waals surface area contributed by atoms with E-state index < -0.39 is 0 Å². The number of allylic oxidation sites excluding steroid dienone is 1. The van der Waals surface area contributed by atoms with Crippen molar-refractivity contribution in [2.75, 3.05) is 13.1 Å². The molecular formula is C24H46N2O. The number of hydrogen-bond donors (Lipinski definition) is 2. The lowest BCUT2D eigenvalue weighted by Gasteiger charge is -2.06. The lowest BCUT2D eigenvalue weighted by Crippen LogP contribution is -2.15. The first-order valence-electron chi connectivity index (χ1n) is 12.0. The van der Waals surface area contributed by atoms with Gasteiger partial charge in [-0.2, -0.15) is 0 Å². The molecule has 1 aliphatic heterocycles. The molecule has 1 unspecified atom stereocenters. The van der Waals surface area contributed by atoms with Crippen molar-refractivity contribution in [1.29, 1.82) is 0 Å². The molecular weight excluding hydrogens is 332 g/mol. The topological polar surface area (TPSA) is 44.6 Å². The van der Waals surface area contributed by atoms with Crippen LogP contribution in [0.4, 0.5) is 0 Å². The largest absolute Gasteiger partial charge is 0.393 e. The van der Waals surface area contributed by atoms with E-state index in [1.54, 1.807) is 0 Å². The summed E-state index contributed by atoms with van der Waals surface area (Å²) in [5.41, 5.74) is 0. The van der Waals surface area contributed by atoms with E-state index in [1.165, 1.54) is 96.3 Å². The number of aliphatic hydroxyl groups excluding tert-OH is 1. The zero-order valence-electron chi connectivity index (χ0n) is 18.1. The summed E-state index contributed by atoms with van der Waals surface area (Å²) in [6, 6.07) is 0. The van der Waals surface area contributed by atoms with Crippen LogP contribution in [-0.4, -0.2) is 30.1 Å². The van der Waals surface area contributed by atoms with Gasteiger partial charge in [0.25, 0.3) is 0 Å². The standard InChI is InChI=1S/C24H46N2O/c1-2-23(27)19-17-15-13-11-9-7-5-3-4-6-8-10-12-14-16-18-20-24-25-21-22-26-24/h18,20,23,27H,2-17,19,21-22H2,1H3,(H,25,26). The van der Waals surface area contributed by atoms with Crippen LogP contribution in [0.2, 0.25) is 0 Å². The molecule has 0 aromatic carbocycles. The molecule has 1 rings (SSSR count). The second kappa shape index (κ2) is 18.5. The Labute approximate surface area is 169 Å². The van der Waals surface area contributed by atoms with Crippen LogP contribution in [-0.2, 0) is 0 Å². The highest BCUT2D eigenvalue weighted by Crippen LogP contribution is 2.14. The third kappa shape index (κ3) is 15.9. The van der Waals surface area contributed by atoms with Gasteiger partial charge in [-0.25, -0.2) is 0 Å². The summed E-state index contributed by atoms with van der Waals surface area (Å²) >= 11 is 0. The van der Waals surface area contributed by atoms with Gasteiger partial charge >= 0.3 is 0 Å². The van der Waals surface area contributed by atoms with Crippen LogP contribution in [0, 0.1) is 0 Å². The predicted molar refractivity (Wildman–Crippen MR) is 120 cm³/mol. The molecule has 0 saturated heterocycles. The van der Waals surface area contributed by atoms with Crippen LogP contribution in [0.25, 0.3) is 0 Å². The second-order valence-electron chi connectivity index (χ2n) is 8.19. The molecule has 1 atom stereocenters. The van der Waals surface area contributed by atoms with Crippen molar-refractivity contribution in [1.82, 2.24) is 5.32 Å². The van der Waals surface area contributed by atoms with Gasteiger partial charge in [-0.05, 0) is 31.8 Å². The molecule has 0 radical (unpaired) electrons. The molecule has 2 N–H and O–H groups in total.